The molecule has 0 fully saturated rings. The van der Waals surface area contributed by atoms with Gasteiger partial charge in [0.25, 0.3) is 0 Å². The Labute approximate surface area is 125 Å². The lowest BCUT2D eigenvalue weighted by atomic mass is 10.1. The summed E-state index contributed by atoms with van der Waals surface area (Å²) in [6.45, 7) is 0. The van der Waals surface area contributed by atoms with Crippen LogP contribution >= 0.6 is 47.8 Å². The minimum atomic E-state index is -0.219. The van der Waals surface area contributed by atoms with Crippen LogP contribution in [0.3, 0.4) is 0 Å². The first-order valence-corrected chi connectivity index (χ1v) is 7.42. The van der Waals surface area contributed by atoms with Gasteiger partial charge in [0.05, 0.1) is 4.83 Å². The van der Waals surface area contributed by atoms with Crippen LogP contribution in [0.4, 0.5) is 4.39 Å². The Hall–Kier alpha value is -0.190. The van der Waals surface area contributed by atoms with Crippen LogP contribution < -0.4 is 0 Å². The normalized spacial score (nSPS) is 12.5. The topological polar surface area (TPSA) is 0 Å². The van der Waals surface area contributed by atoms with Crippen molar-refractivity contribution >= 4 is 47.8 Å². The van der Waals surface area contributed by atoms with E-state index in [1.165, 1.54) is 12.1 Å². The zero-order valence-electron chi connectivity index (χ0n) is 8.63. The first-order chi connectivity index (χ1) is 8.06. The Bertz CT molecular complexity index is 502. The van der Waals surface area contributed by atoms with E-state index in [9.17, 15) is 4.39 Å². The van der Waals surface area contributed by atoms with Crippen LogP contribution in [0, 0.1) is 5.82 Å². The molecule has 2 aromatic carbocycles. The predicted molar refractivity (Wildman–Crippen MR) is 79.0 cm³/mol. The highest BCUT2D eigenvalue weighted by atomic mass is 79.9. The van der Waals surface area contributed by atoms with E-state index in [0.717, 1.165) is 20.1 Å². The molecule has 0 saturated heterocycles. The molecule has 1 atom stereocenters. The minimum absolute atomic E-state index is 0.0527. The summed E-state index contributed by atoms with van der Waals surface area (Å²) in [4.78, 5) is 0.0527. The molecule has 0 N–H and O–H groups in total. The van der Waals surface area contributed by atoms with Crippen molar-refractivity contribution < 1.29 is 4.39 Å². The lowest BCUT2D eigenvalue weighted by molar-refractivity contribution is 0.627. The van der Waals surface area contributed by atoms with Gasteiger partial charge in [-0.2, -0.15) is 0 Å². The summed E-state index contributed by atoms with van der Waals surface area (Å²) in [6, 6.07) is 12.6. The molecule has 2 aromatic rings. The van der Waals surface area contributed by atoms with E-state index < -0.39 is 0 Å². The average Bonchev–Trinajstić information content (AvgIpc) is 2.28. The van der Waals surface area contributed by atoms with Gasteiger partial charge in [-0.25, -0.2) is 4.39 Å². The standard InChI is InChI=1S/C13H8Br3F/c14-10-5-9(6-11(15)7-10)13(16)8-1-3-12(17)4-2-8/h1-7,13H. The van der Waals surface area contributed by atoms with Crippen LogP contribution in [-0.4, -0.2) is 0 Å². The van der Waals surface area contributed by atoms with Crippen LogP contribution in [0.5, 0.6) is 0 Å². The van der Waals surface area contributed by atoms with Crippen molar-refractivity contribution in [3.05, 3.63) is 68.4 Å². The van der Waals surface area contributed by atoms with Gasteiger partial charge in [0.15, 0.2) is 0 Å². The van der Waals surface area contributed by atoms with Crippen LogP contribution in [0.2, 0.25) is 0 Å². The first-order valence-electron chi connectivity index (χ1n) is 4.92. The Morgan fingerprint density at radius 1 is 0.824 bits per heavy atom. The van der Waals surface area contributed by atoms with E-state index >= 15 is 0 Å². The van der Waals surface area contributed by atoms with E-state index in [1.54, 1.807) is 12.1 Å². The van der Waals surface area contributed by atoms with E-state index in [1.807, 2.05) is 18.2 Å². The van der Waals surface area contributed by atoms with E-state index in [0.29, 0.717) is 0 Å². The molecule has 0 aliphatic rings. The van der Waals surface area contributed by atoms with Crippen molar-refractivity contribution in [2.24, 2.45) is 0 Å². The van der Waals surface area contributed by atoms with Crippen LogP contribution in [-0.2, 0) is 0 Å². The van der Waals surface area contributed by atoms with Crippen molar-refractivity contribution in [1.82, 2.24) is 0 Å². The van der Waals surface area contributed by atoms with Crippen molar-refractivity contribution in [2.75, 3.05) is 0 Å². The highest BCUT2D eigenvalue weighted by Crippen LogP contribution is 2.34. The summed E-state index contributed by atoms with van der Waals surface area (Å²) >= 11 is 10.5. The number of rotatable bonds is 2. The minimum Gasteiger partial charge on any atom is -0.207 e. The lowest BCUT2D eigenvalue weighted by Gasteiger charge is -2.11. The molecule has 17 heavy (non-hydrogen) atoms. The monoisotopic (exact) mass is 420 g/mol. The zero-order valence-corrected chi connectivity index (χ0v) is 13.4. The van der Waals surface area contributed by atoms with Gasteiger partial charge in [0.2, 0.25) is 0 Å². The third-order valence-corrected chi connectivity index (χ3v) is 4.31. The molecule has 0 spiro atoms. The quantitative estimate of drug-likeness (QED) is 0.534. The SMILES string of the molecule is Fc1ccc(C(Br)c2cc(Br)cc(Br)c2)cc1. The van der Waals surface area contributed by atoms with Gasteiger partial charge >= 0.3 is 0 Å². The van der Waals surface area contributed by atoms with Gasteiger partial charge in [-0.05, 0) is 41.5 Å². The van der Waals surface area contributed by atoms with E-state index in [-0.39, 0.29) is 10.6 Å². The molecule has 0 aromatic heterocycles. The smallest absolute Gasteiger partial charge is 0.123 e. The molecule has 88 valence electrons. The van der Waals surface area contributed by atoms with Crippen molar-refractivity contribution in [2.45, 2.75) is 4.83 Å². The average molecular weight is 423 g/mol. The summed E-state index contributed by atoms with van der Waals surface area (Å²) in [5.41, 5.74) is 2.13. The zero-order chi connectivity index (χ0) is 12.4. The van der Waals surface area contributed by atoms with Crippen LogP contribution in [0.15, 0.2) is 51.4 Å². The molecular weight excluding hydrogens is 415 g/mol. The molecule has 0 amide bonds. The summed E-state index contributed by atoms with van der Waals surface area (Å²) in [5, 5.41) is 0. The maximum Gasteiger partial charge on any atom is 0.123 e. The Morgan fingerprint density at radius 3 is 1.88 bits per heavy atom. The van der Waals surface area contributed by atoms with E-state index in [4.69, 9.17) is 0 Å². The van der Waals surface area contributed by atoms with Gasteiger partial charge in [0.1, 0.15) is 5.82 Å². The maximum atomic E-state index is 12.9. The molecular formula is C13H8Br3F. The molecule has 4 heteroatoms. The third-order valence-electron chi connectivity index (χ3n) is 2.34. The molecule has 0 saturated carbocycles. The number of hydrogen-bond donors (Lipinski definition) is 0. The van der Waals surface area contributed by atoms with Crippen molar-refractivity contribution in [3.8, 4) is 0 Å². The van der Waals surface area contributed by atoms with E-state index in [2.05, 4.69) is 47.8 Å². The van der Waals surface area contributed by atoms with Crippen molar-refractivity contribution in [3.63, 3.8) is 0 Å². The third kappa shape index (κ3) is 3.39. The fourth-order valence-electron chi connectivity index (χ4n) is 1.55. The summed E-state index contributed by atoms with van der Waals surface area (Å²) in [5.74, 6) is -0.219. The number of benzene rings is 2. The summed E-state index contributed by atoms with van der Waals surface area (Å²) < 4.78 is 14.9. The molecule has 0 aliphatic heterocycles. The van der Waals surface area contributed by atoms with Gasteiger partial charge < -0.3 is 0 Å². The molecule has 1 unspecified atom stereocenters. The highest BCUT2D eigenvalue weighted by molar-refractivity contribution is 9.11. The number of halogens is 4. The Kier molecular flexibility index (Phi) is 4.39. The largest absolute Gasteiger partial charge is 0.207 e. The van der Waals surface area contributed by atoms with Gasteiger partial charge in [-0.3, -0.25) is 0 Å². The number of hydrogen-bond acceptors (Lipinski definition) is 0. The molecule has 0 nitrogen and oxygen atoms in total. The highest BCUT2D eigenvalue weighted by Gasteiger charge is 2.11. The van der Waals surface area contributed by atoms with Crippen LogP contribution in [0.1, 0.15) is 16.0 Å². The molecule has 0 radical (unpaired) electrons. The second kappa shape index (κ2) is 5.63. The van der Waals surface area contributed by atoms with Crippen LogP contribution in [0.25, 0.3) is 0 Å². The fourth-order valence-corrected chi connectivity index (χ4v) is 3.44. The Morgan fingerprint density at radius 2 is 1.35 bits per heavy atom. The molecule has 0 bridgehead atoms. The second-order valence-electron chi connectivity index (χ2n) is 3.62. The first kappa shape index (κ1) is 13.2. The molecule has 2 rings (SSSR count). The maximum absolute atomic E-state index is 12.9. The predicted octanol–water partition coefficient (Wildman–Crippen LogP) is 5.84. The molecule has 0 aliphatic carbocycles. The molecule has 0 heterocycles. The van der Waals surface area contributed by atoms with Gasteiger partial charge in [-0.15, -0.1) is 0 Å². The summed E-state index contributed by atoms with van der Waals surface area (Å²) in [7, 11) is 0. The second-order valence-corrected chi connectivity index (χ2v) is 6.36. The lowest BCUT2D eigenvalue weighted by Crippen LogP contribution is -1.93. The summed E-state index contributed by atoms with van der Waals surface area (Å²) in [6.07, 6.45) is 0. The van der Waals surface area contributed by atoms with Gasteiger partial charge in [0, 0.05) is 8.95 Å². The fraction of sp³-hybridized carbons (Fsp3) is 0.0769. The van der Waals surface area contributed by atoms with Crippen molar-refractivity contribution in [1.29, 1.82) is 0 Å². The number of alkyl halides is 1. The van der Waals surface area contributed by atoms with Gasteiger partial charge in [-0.1, -0.05) is 59.9 Å². The Balaban J connectivity index is 2.36.